The molecule has 0 atom stereocenters. The highest BCUT2D eigenvalue weighted by atomic mass is 16.6. The second kappa shape index (κ2) is 7.99. The lowest BCUT2D eigenvalue weighted by Crippen LogP contribution is -2.12. The van der Waals surface area contributed by atoms with Crippen LogP contribution in [0.1, 0.15) is 30.4 Å². The Labute approximate surface area is 158 Å². The predicted molar refractivity (Wildman–Crippen MR) is 109 cm³/mol. The van der Waals surface area contributed by atoms with E-state index >= 15 is 0 Å². The Morgan fingerprint density at radius 1 is 0.889 bits per heavy atom. The van der Waals surface area contributed by atoms with E-state index in [1.165, 1.54) is 12.1 Å². The highest BCUT2D eigenvalue weighted by molar-refractivity contribution is 6.13. The topological polar surface area (TPSA) is 63.4 Å². The standard InChI is InChI=1S/C22H22N2O3/c1-23(2)20-10-6-16(7-11-20)14-18-4-3-5-19(22(18)25)15-17-8-12-21(13-9-17)24(26)27/h6-15H,3-5H2,1-2H3/b18-14+,19-15+. The van der Waals surface area contributed by atoms with E-state index in [9.17, 15) is 14.9 Å². The highest BCUT2D eigenvalue weighted by Crippen LogP contribution is 2.28. The van der Waals surface area contributed by atoms with Gasteiger partial charge in [-0.1, -0.05) is 12.1 Å². The molecule has 0 spiro atoms. The number of hydrogen-bond donors (Lipinski definition) is 0. The number of anilines is 1. The Bertz CT molecular complexity index is 908. The van der Waals surface area contributed by atoms with Crippen LogP contribution < -0.4 is 4.90 Å². The molecule has 2 aromatic carbocycles. The molecule has 0 unspecified atom stereocenters. The molecule has 0 bridgehead atoms. The van der Waals surface area contributed by atoms with E-state index in [1.807, 2.05) is 55.4 Å². The average molecular weight is 362 g/mol. The third kappa shape index (κ3) is 4.50. The zero-order chi connectivity index (χ0) is 19.4. The van der Waals surface area contributed by atoms with Crippen molar-refractivity contribution < 1.29 is 9.72 Å². The van der Waals surface area contributed by atoms with E-state index in [2.05, 4.69) is 0 Å². The summed E-state index contributed by atoms with van der Waals surface area (Å²) in [6, 6.07) is 14.4. The van der Waals surface area contributed by atoms with E-state index in [4.69, 9.17) is 0 Å². The lowest BCUT2D eigenvalue weighted by atomic mass is 9.87. The summed E-state index contributed by atoms with van der Waals surface area (Å²) in [4.78, 5) is 25.2. The van der Waals surface area contributed by atoms with Gasteiger partial charge in [-0.3, -0.25) is 14.9 Å². The van der Waals surface area contributed by atoms with Crippen molar-refractivity contribution in [3.8, 4) is 0 Å². The van der Waals surface area contributed by atoms with Crippen molar-refractivity contribution in [2.24, 2.45) is 0 Å². The number of nitro groups is 1. The van der Waals surface area contributed by atoms with Gasteiger partial charge in [0.15, 0.2) is 5.78 Å². The first-order chi connectivity index (χ1) is 12.9. The number of benzene rings is 2. The van der Waals surface area contributed by atoms with Gasteiger partial charge in [-0.05, 0) is 66.8 Å². The Hall–Kier alpha value is -3.21. The number of rotatable bonds is 4. The molecule has 138 valence electrons. The van der Waals surface area contributed by atoms with Gasteiger partial charge in [0.1, 0.15) is 0 Å². The molecule has 5 nitrogen and oxygen atoms in total. The molecule has 0 saturated heterocycles. The number of hydrogen-bond acceptors (Lipinski definition) is 4. The van der Waals surface area contributed by atoms with Crippen LogP contribution in [-0.4, -0.2) is 24.8 Å². The molecule has 27 heavy (non-hydrogen) atoms. The largest absolute Gasteiger partial charge is 0.378 e. The minimum Gasteiger partial charge on any atom is -0.378 e. The van der Waals surface area contributed by atoms with E-state index in [-0.39, 0.29) is 11.5 Å². The summed E-state index contributed by atoms with van der Waals surface area (Å²) in [6.45, 7) is 0. The van der Waals surface area contributed by atoms with Crippen LogP contribution in [0.2, 0.25) is 0 Å². The van der Waals surface area contributed by atoms with Gasteiger partial charge in [-0.25, -0.2) is 0 Å². The summed E-state index contributed by atoms with van der Waals surface area (Å²) in [7, 11) is 3.99. The molecule has 1 saturated carbocycles. The molecule has 0 aliphatic heterocycles. The van der Waals surface area contributed by atoms with Gasteiger partial charge >= 0.3 is 0 Å². The average Bonchev–Trinajstić information content (AvgIpc) is 2.66. The predicted octanol–water partition coefficient (Wildman–Crippen LogP) is 4.88. The van der Waals surface area contributed by atoms with Crippen molar-refractivity contribution in [1.82, 2.24) is 0 Å². The maximum absolute atomic E-state index is 12.8. The summed E-state index contributed by atoms with van der Waals surface area (Å²) in [5.74, 6) is 0.0660. The molecule has 0 heterocycles. The summed E-state index contributed by atoms with van der Waals surface area (Å²) < 4.78 is 0. The van der Waals surface area contributed by atoms with Crippen LogP contribution in [0.4, 0.5) is 11.4 Å². The number of nitrogens with zero attached hydrogens (tertiary/aromatic N) is 2. The quantitative estimate of drug-likeness (QED) is 0.442. The second-order valence-corrected chi connectivity index (χ2v) is 6.86. The third-order valence-corrected chi connectivity index (χ3v) is 4.67. The lowest BCUT2D eigenvalue weighted by Gasteiger charge is -2.17. The molecule has 0 N–H and O–H groups in total. The molecule has 2 aromatic rings. The first kappa shape index (κ1) is 18.6. The van der Waals surface area contributed by atoms with Crippen molar-refractivity contribution in [3.63, 3.8) is 0 Å². The fourth-order valence-corrected chi connectivity index (χ4v) is 3.14. The summed E-state index contributed by atoms with van der Waals surface area (Å²) in [6.07, 6.45) is 6.23. The van der Waals surface area contributed by atoms with Crippen LogP contribution in [0, 0.1) is 10.1 Å². The van der Waals surface area contributed by atoms with Crippen LogP contribution in [0.3, 0.4) is 0 Å². The Morgan fingerprint density at radius 3 is 1.81 bits per heavy atom. The molecule has 1 fully saturated rings. The molecule has 0 aromatic heterocycles. The lowest BCUT2D eigenvalue weighted by molar-refractivity contribution is -0.384. The Morgan fingerprint density at radius 2 is 1.37 bits per heavy atom. The van der Waals surface area contributed by atoms with Crippen LogP contribution in [0.25, 0.3) is 12.2 Å². The Balaban J connectivity index is 1.81. The highest BCUT2D eigenvalue weighted by Gasteiger charge is 2.20. The van der Waals surface area contributed by atoms with E-state index in [1.54, 1.807) is 12.1 Å². The number of nitro benzene ring substituents is 1. The van der Waals surface area contributed by atoms with Crippen LogP contribution in [-0.2, 0) is 4.79 Å². The summed E-state index contributed by atoms with van der Waals surface area (Å²) in [5, 5.41) is 10.8. The molecule has 1 aliphatic carbocycles. The number of carbonyl (C=O) groups excluding carboxylic acids is 1. The van der Waals surface area contributed by atoms with Crippen LogP contribution >= 0.6 is 0 Å². The van der Waals surface area contributed by atoms with Gasteiger partial charge in [-0.2, -0.15) is 0 Å². The maximum Gasteiger partial charge on any atom is 0.269 e. The van der Waals surface area contributed by atoms with Gasteiger partial charge in [-0.15, -0.1) is 0 Å². The number of carbonyl (C=O) groups is 1. The van der Waals surface area contributed by atoms with Crippen LogP contribution in [0.15, 0.2) is 59.7 Å². The third-order valence-electron chi connectivity index (χ3n) is 4.67. The van der Waals surface area contributed by atoms with Crippen molar-refractivity contribution >= 4 is 29.3 Å². The number of non-ortho nitro benzene ring substituents is 1. The first-order valence-corrected chi connectivity index (χ1v) is 8.92. The van der Waals surface area contributed by atoms with Crippen molar-refractivity contribution in [2.75, 3.05) is 19.0 Å². The fraction of sp³-hybridized carbons (Fsp3) is 0.227. The maximum atomic E-state index is 12.8. The molecular formula is C22H22N2O3. The first-order valence-electron chi connectivity index (χ1n) is 8.92. The second-order valence-electron chi connectivity index (χ2n) is 6.86. The zero-order valence-electron chi connectivity index (χ0n) is 15.5. The van der Waals surface area contributed by atoms with Crippen molar-refractivity contribution in [2.45, 2.75) is 19.3 Å². The molecule has 0 radical (unpaired) electrons. The molecule has 3 rings (SSSR count). The van der Waals surface area contributed by atoms with Crippen LogP contribution in [0.5, 0.6) is 0 Å². The van der Waals surface area contributed by atoms with Gasteiger partial charge in [0, 0.05) is 43.1 Å². The van der Waals surface area contributed by atoms with Gasteiger partial charge < -0.3 is 4.90 Å². The van der Waals surface area contributed by atoms with E-state index in [0.29, 0.717) is 0 Å². The van der Waals surface area contributed by atoms with Gasteiger partial charge in [0.2, 0.25) is 0 Å². The minimum atomic E-state index is -0.425. The summed E-state index contributed by atoms with van der Waals surface area (Å²) in [5.41, 5.74) is 4.55. The molecule has 1 aliphatic rings. The smallest absolute Gasteiger partial charge is 0.269 e. The molecule has 0 amide bonds. The zero-order valence-corrected chi connectivity index (χ0v) is 15.5. The van der Waals surface area contributed by atoms with Crippen molar-refractivity contribution in [1.29, 1.82) is 0 Å². The normalized spacial score (nSPS) is 17.3. The van der Waals surface area contributed by atoms with Gasteiger partial charge in [0.05, 0.1) is 4.92 Å². The minimum absolute atomic E-state index is 0.0499. The number of Topliss-reactive ketones (excluding diaryl/α,β-unsaturated/α-hetero) is 1. The van der Waals surface area contributed by atoms with E-state index < -0.39 is 4.92 Å². The fourth-order valence-electron chi connectivity index (χ4n) is 3.14. The SMILES string of the molecule is CN(C)c1ccc(/C=C2\CCC/C(=C\c3ccc([N+](=O)[O-])cc3)C2=O)cc1. The molecule has 5 heteroatoms. The molecular weight excluding hydrogens is 340 g/mol. The number of allylic oxidation sites excluding steroid dienone is 2. The summed E-state index contributed by atoms with van der Waals surface area (Å²) >= 11 is 0. The Kier molecular flexibility index (Phi) is 5.50. The van der Waals surface area contributed by atoms with E-state index in [0.717, 1.165) is 47.2 Å². The number of ketones is 1. The van der Waals surface area contributed by atoms with Crippen molar-refractivity contribution in [3.05, 3.63) is 80.9 Å². The monoisotopic (exact) mass is 362 g/mol. The van der Waals surface area contributed by atoms with Gasteiger partial charge in [0.25, 0.3) is 5.69 Å².